The summed E-state index contributed by atoms with van der Waals surface area (Å²) in [6.07, 6.45) is 1.97. The Hall–Kier alpha value is -1.70. The van der Waals surface area contributed by atoms with Crippen LogP contribution >= 0.6 is 11.8 Å². The molecule has 1 aromatic carbocycles. The second-order valence-electron chi connectivity index (χ2n) is 5.85. The first-order valence-corrected chi connectivity index (χ1v) is 8.86. The second kappa shape index (κ2) is 7.04. The molecule has 0 bridgehead atoms. The Morgan fingerprint density at radius 2 is 1.88 bits per heavy atom. The highest BCUT2D eigenvalue weighted by atomic mass is 32.2. The van der Waals surface area contributed by atoms with Gasteiger partial charge in [-0.1, -0.05) is 6.07 Å². The topological polar surface area (TPSA) is 40.6 Å². The van der Waals surface area contributed by atoms with Crippen LogP contribution in [0.15, 0.2) is 12.1 Å². The van der Waals surface area contributed by atoms with Gasteiger partial charge in [0, 0.05) is 31.6 Å². The van der Waals surface area contributed by atoms with E-state index in [1.54, 1.807) is 4.90 Å². The zero-order valence-electron chi connectivity index (χ0n) is 12.9. The van der Waals surface area contributed by atoms with Crippen LogP contribution in [0.1, 0.15) is 30.2 Å². The van der Waals surface area contributed by atoms with Gasteiger partial charge < -0.3 is 9.80 Å². The van der Waals surface area contributed by atoms with Gasteiger partial charge in [-0.15, -0.1) is 11.8 Å². The minimum Gasteiger partial charge on any atom is -0.343 e. The summed E-state index contributed by atoms with van der Waals surface area (Å²) in [6, 6.07) is 2.05. The Morgan fingerprint density at radius 1 is 1.08 bits per heavy atom. The van der Waals surface area contributed by atoms with Crippen LogP contribution in [0.2, 0.25) is 0 Å². The molecular weight excluding hydrogens is 341 g/mol. The van der Waals surface area contributed by atoms with Gasteiger partial charge in [0.2, 0.25) is 11.8 Å². The average Bonchev–Trinajstić information content (AvgIpc) is 3.12. The molecule has 2 aliphatic rings. The van der Waals surface area contributed by atoms with Gasteiger partial charge in [0.05, 0.1) is 5.75 Å². The first kappa shape index (κ1) is 17.1. The van der Waals surface area contributed by atoms with Crippen molar-refractivity contribution < 1.29 is 22.8 Å². The number of nitrogens with zero attached hydrogens (tertiary/aromatic N) is 2. The summed E-state index contributed by atoms with van der Waals surface area (Å²) in [5, 5.41) is -0.665. The van der Waals surface area contributed by atoms with Crippen LogP contribution < -0.4 is 0 Å². The lowest BCUT2D eigenvalue weighted by Crippen LogP contribution is -2.33. The fourth-order valence-corrected chi connectivity index (χ4v) is 4.29. The molecule has 2 aliphatic heterocycles. The lowest BCUT2D eigenvalue weighted by Gasteiger charge is -2.25. The van der Waals surface area contributed by atoms with E-state index < -0.39 is 22.8 Å². The second-order valence-corrected chi connectivity index (χ2v) is 6.92. The molecule has 4 nitrogen and oxygen atoms in total. The van der Waals surface area contributed by atoms with Crippen molar-refractivity contribution in [1.82, 2.24) is 9.80 Å². The number of hydrogen-bond donors (Lipinski definition) is 0. The van der Waals surface area contributed by atoms with Gasteiger partial charge in [0.1, 0.15) is 5.37 Å². The first-order chi connectivity index (χ1) is 11.5. The molecule has 0 aliphatic carbocycles. The molecule has 1 atom stereocenters. The molecule has 0 N–H and O–H groups in total. The number of halogens is 3. The monoisotopic (exact) mass is 358 g/mol. The number of carbonyl (C=O) groups excluding carboxylic acids is 2. The number of hydrogen-bond acceptors (Lipinski definition) is 3. The highest BCUT2D eigenvalue weighted by Crippen LogP contribution is 2.40. The van der Waals surface area contributed by atoms with E-state index in [2.05, 4.69) is 0 Å². The maximum atomic E-state index is 14.0. The zero-order valence-corrected chi connectivity index (χ0v) is 13.8. The minimum atomic E-state index is -1.52. The molecule has 0 saturated carbocycles. The molecule has 130 valence electrons. The molecular formula is C16H17F3N2O2S. The third-order valence-electron chi connectivity index (χ3n) is 4.30. The molecule has 2 heterocycles. The van der Waals surface area contributed by atoms with Crippen molar-refractivity contribution in [2.45, 2.75) is 24.6 Å². The number of benzene rings is 1. The number of thioether (sulfide) groups is 1. The standard InChI is InChI=1S/C16H17F3N2O2S/c17-11-5-4-10(14(18)15(11)19)16-21(13(23)9-24-16)8-2-7-20-6-1-3-12(20)22/h4-5,16H,1-3,6-9H2. The van der Waals surface area contributed by atoms with Gasteiger partial charge in [-0.3, -0.25) is 9.59 Å². The van der Waals surface area contributed by atoms with E-state index in [4.69, 9.17) is 0 Å². The molecule has 1 aromatic rings. The van der Waals surface area contributed by atoms with Crippen LogP contribution in [0, 0.1) is 17.5 Å². The largest absolute Gasteiger partial charge is 0.343 e. The fourth-order valence-electron chi connectivity index (χ4n) is 3.06. The zero-order chi connectivity index (χ0) is 17.3. The molecule has 8 heteroatoms. The molecule has 2 amide bonds. The van der Waals surface area contributed by atoms with Crippen LogP contribution in [0.5, 0.6) is 0 Å². The van der Waals surface area contributed by atoms with E-state index in [9.17, 15) is 22.8 Å². The summed E-state index contributed by atoms with van der Waals surface area (Å²) in [7, 11) is 0. The van der Waals surface area contributed by atoms with Crippen LogP contribution in [-0.4, -0.2) is 47.0 Å². The summed E-state index contributed by atoms with van der Waals surface area (Å²) in [5.74, 6) is -3.89. The number of amides is 2. The van der Waals surface area contributed by atoms with Gasteiger partial charge in [0.15, 0.2) is 17.5 Å². The predicted molar refractivity (Wildman–Crippen MR) is 83.7 cm³/mol. The molecule has 1 unspecified atom stereocenters. The van der Waals surface area contributed by atoms with Crippen molar-refractivity contribution in [3.8, 4) is 0 Å². The van der Waals surface area contributed by atoms with Crippen LogP contribution in [0.4, 0.5) is 13.2 Å². The normalized spacial score (nSPS) is 21.2. The van der Waals surface area contributed by atoms with E-state index in [1.807, 2.05) is 0 Å². The van der Waals surface area contributed by atoms with E-state index in [0.717, 1.165) is 19.0 Å². The van der Waals surface area contributed by atoms with Crippen molar-refractivity contribution in [1.29, 1.82) is 0 Å². The third-order valence-corrected chi connectivity index (χ3v) is 5.54. The maximum absolute atomic E-state index is 14.0. The lowest BCUT2D eigenvalue weighted by molar-refractivity contribution is -0.128. The van der Waals surface area contributed by atoms with Crippen LogP contribution in [0.3, 0.4) is 0 Å². The molecule has 0 spiro atoms. The SMILES string of the molecule is O=C1CCCN1CCCN1C(=O)CSC1c1ccc(F)c(F)c1F. The summed E-state index contributed by atoms with van der Waals surface area (Å²) >= 11 is 1.19. The van der Waals surface area contributed by atoms with Gasteiger partial charge in [0.25, 0.3) is 0 Å². The summed E-state index contributed by atoms with van der Waals surface area (Å²) in [4.78, 5) is 26.9. The number of carbonyl (C=O) groups is 2. The van der Waals surface area contributed by atoms with Gasteiger partial charge >= 0.3 is 0 Å². The fraction of sp³-hybridized carbons (Fsp3) is 0.500. The van der Waals surface area contributed by atoms with E-state index in [1.165, 1.54) is 22.7 Å². The van der Waals surface area contributed by atoms with Crippen molar-refractivity contribution >= 4 is 23.6 Å². The summed E-state index contributed by atoms with van der Waals surface area (Å²) < 4.78 is 40.6. The highest BCUT2D eigenvalue weighted by Gasteiger charge is 2.35. The Labute approximate surface area is 142 Å². The van der Waals surface area contributed by atoms with Crippen LogP contribution in [-0.2, 0) is 9.59 Å². The molecule has 0 radical (unpaired) electrons. The summed E-state index contributed by atoms with van der Waals surface area (Å²) in [5.41, 5.74) is -0.0259. The van der Waals surface area contributed by atoms with Gasteiger partial charge in [-0.2, -0.15) is 0 Å². The van der Waals surface area contributed by atoms with E-state index >= 15 is 0 Å². The van der Waals surface area contributed by atoms with E-state index in [-0.39, 0.29) is 23.1 Å². The Kier molecular flexibility index (Phi) is 5.03. The maximum Gasteiger partial charge on any atom is 0.233 e. The lowest BCUT2D eigenvalue weighted by atomic mass is 10.1. The van der Waals surface area contributed by atoms with E-state index in [0.29, 0.717) is 25.9 Å². The Morgan fingerprint density at radius 3 is 2.58 bits per heavy atom. The average molecular weight is 358 g/mol. The van der Waals surface area contributed by atoms with Crippen LogP contribution in [0.25, 0.3) is 0 Å². The Bertz CT molecular complexity index is 671. The summed E-state index contributed by atoms with van der Waals surface area (Å²) in [6.45, 7) is 1.61. The van der Waals surface area contributed by atoms with Crippen molar-refractivity contribution in [3.63, 3.8) is 0 Å². The van der Waals surface area contributed by atoms with Crippen molar-refractivity contribution in [2.75, 3.05) is 25.4 Å². The molecule has 2 saturated heterocycles. The molecule has 3 rings (SSSR count). The molecule has 0 aromatic heterocycles. The first-order valence-electron chi connectivity index (χ1n) is 7.81. The quantitative estimate of drug-likeness (QED) is 0.760. The minimum absolute atomic E-state index is 0.0259. The Balaban J connectivity index is 1.68. The number of rotatable bonds is 5. The highest BCUT2D eigenvalue weighted by molar-refractivity contribution is 8.00. The van der Waals surface area contributed by atoms with Crippen molar-refractivity contribution in [2.24, 2.45) is 0 Å². The van der Waals surface area contributed by atoms with Gasteiger partial charge in [-0.05, 0) is 18.9 Å². The van der Waals surface area contributed by atoms with Gasteiger partial charge in [-0.25, -0.2) is 13.2 Å². The number of likely N-dealkylation sites (tertiary alicyclic amines) is 1. The predicted octanol–water partition coefficient (Wildman–Crippen LogP) is 2.69. The molecule has 24 heavy (non-hydrogen) atoms. The molecule has 2 fully saturated rings. The smallest absolute Gasteiger partial charge is 0.233 e. The third kappa shape index (κ3) is 3.24. The van der Waals surface area contributed by atoms with Crippen molar-refractivity contribution in [3.05, 3.63) is 35.1 Å².